The van der Waals surface area contributed by atoms with Crippen molar-refractivity contribution in [1.82, 2.24) is 5.32 Å². The fraction of sp³-hybridized carbons (Fsp3) is 0.462. The van der Waals surface area contributed by atoms with Crippen LogP contribution in [0.15, 0.2) is 24.3 Å². The SMILES string of the molecule is Cc1ccccc1[C@H]1C[C@@H]2C[C@@H]1NC2=O. The quantitative estimate of drug-likeness (QED) is 0.739. The first-order valence-electron chi connectivity index (χ1n) is 5.61. The summed E-state index contributed by atoms with van der Waals surface area (Å²) >= 11 is 0. The van der Waals surface area contributed by atoms with Crippen molar-refractivity contribution in [3.8, 4) is 0 Å². The van der Waals surface area contributed by atoms with E-state index in [1.54, 1.807) is 0 Å². The molecule has 2 heteroatoms. The van der Waals surface area contributed by atoms with Gasteiger partial charge in [0.15, 0.2) is 0 Å². The van der Waals surface area contributed by atoms with Crippen LogP contribution in [0.2, 0.25) is 0 Å². The van der Waals surface area contributed by atoms with Crippen molar-refractivity contribution >= 4 is 5.91 Å². The Hall–Kier alpha value is -1.31. The van der Waals surface area contributed by atoms with Gasteiger partial charge >= 0.3 is 0 Å². The Bertz CT molecular complexity index is 413. The minimum Gasteiger partial charge on any atom is -0.352 e. The number of fused-ring (bicyclic) bond motifs is 2. The van der Waals surface area contributed by atoms with Crippen molar-refractivity contribution in [3.05, 3.63) is 35.4 Å². The Morgan fingerprint density at radius 1 is 1.27 bits per heavy atom. The van der Waals surface area contributed by atoms with Crippen molar-refractivity contribution in [2.75, 3.05) is 0 Å². The van der Waals surface area contributed by atoms with Crippen LogP contribution in [0.5, 0.6) is 0 Å². The summed E-state index contributed by atoms with van der Waals surface area (Å²) in [5.74, 6) is 1.10. The van der Waals surface area contributed by atoms with Gasteiger partial charge < -0.3 is 5.32 Å². The summed E-state index contributed by atoms with van der Waals surface area (Å²) in [4.78, 5) is 11.4. The Morgan fingerprint density at radius 3 is 2.67 bits per heavy atom. The maximum absolute atomic E-state index is 11.4. The van der Waals surface area contributed by atoms with Gasteiger partial charge in [-0.2, -0.15) is 0 Å². The Morgan fingerprint density at radius 2 is 2.07 bits per heavy atom. The molecule has 2 aliphatic rings. The molecule has 1 aliphatic carbocycles. The van der Waals surface area contributed by atoms with Crippen LogP contribution in [0, 0.1) is 12.8 Å². The fourth-order valence-electron chi connectivity index (χ4n) is 3.06. The molecule has 1 heterocycles. The van der Waals surface area contributed by atoms with Crippen molar-refractivity contribution in [2.45, 2.75) is 31.7 Å². The second kappa shape index (κ2) is 3.09. The summed E-state index contributed by atoms with van der Waals surface area (Å²) in [5, 5.41) is 3.09. The molecule has 1 aliphatic heterocycles. The van der Waals surface area contributed by atoms with Gasteiger partial charge in [-0.15, -0.1) is 0 Å². The number of carbonyl (C=O) groups excluding carboxylic acids is 1. The highest BCUT2D eigenvalue weighted by Gasteiger charge is 2.45. The number of hydrogen-bond acceptors (Lipinski definition) is 1. The van der Waals surface area contributed by atoms with Gasteiger partial charge in [0, 0.05) is 17.9 Å². The van der Waals surface area contributed by atoms with E-state index in [0.717, 1.165) is 12.8 Å². The third-order valence-corrected chi connectivity index (χ3v) is 3.85. The molecule has 1 aromatic carbocycles. The minimum atomic E-state index is 0.268. The highest BCUT2D eigenvalue weighted by Crippen LogP contribution is 2.43. The lowest BCUT2D eigenvalue weighted by atomic mass is 9.88. The molecule has 1 amide bonds. The Balaban J connectivity index is 1.92. The lowest BCUT2D eigenvalue weighted by Crippen LogP contribution is -2.36. The van der Waals surface area contributed by atoms with Crippen LogP contribution in [0.25, 0.3) is 0 Å². The number of amides is 1. The minimum absolute atomic E-state index is 0.268. The topological polar surface area (TPSA) is 29.1 Å². The van der Waals surface area contributed by atoms with Gasteiger partial charge in [0.2, 0.25) is 5.91 Å². The molecule has 1 aromatic rings. The highest BCUT2D eigenvalue weighted by atomic mass is 16.2. The van der Waals surface area contributed by atoms with Gasteiger partial charge in [0.1, 0.15) is 0 Å². The van der Waals surface area contributed by atoms with Crippen LogP contribution >= 0.6 is 0 Å². The molecular weight excluding hydrogens is 186 g/mol. The van der Waals surface area contributed by atoms with Crippen LogP contribution < -0.4 is 5.32 Å². The summed E-state index contributed by atoms with van der Waals surface area (Å²) in [5.41, 5.74) is 2.77. The van der Waals surface area contributed by atoms with Gasteiger partial charge in [-0.3, -0.25) is 4.79 Å². The van der Waals surface area contributed by atoms with E-state index in [0.29, 0.717) is 12.0 Å². The zero-order chi connectivity index (χ0) is 10.4. The monoisotopic (exact) mass is 201 g/mol. The average Bonchev–Trinajstić information content (AvgIpc) is 2.77. The standard InChI is InChI=1S/C13H15NO/c1-8-4-2-3-5-10(8)11-6-9-7-12(11)14-13(9)15/h2-5,9,11-12H,6-7H2,1H3,(H,14,15)/t9-,11-,12+/m1/s1. The largest absolute Gasteiger partial charge is 0.352 e. The van der Waals surface area contributed by atoms with Crippen molar-refractivity contribution in [2.24, 2.45) is 5.92 Å². The summed E-state index contributed by atoms with van der Waals surface area (Å²) in [6.45, 7) is 2.16. The van der Waals surface area contributed by atoms with E-state index >= 15 is 0 Å². The maximum atomic E-state index is 11.4. The molecule has 3 atom stereocenters. The van der Waals surface area contributed by atoms with E-state index in [1.807, 2.05) is 0 Å². The molecule has 1 N–H and O–H groups in total. The lowest BCUT2D eigenvalue weighted by molar-refractivity contribution is -0.123. The predicted octanol–water partition coefficient (Wildman–Crippen LogP) is 1.99. The van der Waals surface area contributed by atoms with Gasteiger partial charge in [0.25, 0.3) is 0 Å². The summed E-state index contributed by atoms with van der Waals surface area (Å²) in [6, 6.07) is 8.92. The van der Waals surface area contributed by atoms with Gasteiger partial charge in [0.05, 0.1) is 0 Å². The number of carbonyl (C=O) groups is 1. The second-order valence-electron chi connectivity index (χ2n) is 4.75. The molecule has 0 radical (unpaired) electrons. The summed E-state index contributed by atoms with van der Waals surface area (Å²) in [6.07, 6.45) is 2.08. The summed E-state index contributed by atoms with van der Waals surface area (Å²) in [7, 11) is 0. The molecule has 78 valence electrons. The molecule has 0 aromatic heterocycles. The van der Waals surface area contributed by atoms with E-state index in [4.69, 9.17) is 0 Å². The van der Waals surface area contributed by atoms with Crippen LogP contribution in [-0.2, 0) is 4.79 Å². The Labute approximate surface area is 89.7 Å². The molecule has 0 spiro atoms. The third kappa shape index (κ3) is 1.28. The van der Waals surface area contributed by atoms with Gasteiger partial charge in [-0.1, -0.05) is 24.3 Å². The number of nitrogens with one attached hydrogen (secondary N) is 1. The van der Waals surface area contributed by atoms with E-state index in [-0.39, 0.29) is 11.8 Å². The van der Waals surface area contributed by atoms with Crippen LogP contribution in [0.4, 0.5) is 0 Å². The normalized spacial score (nSPS) is 33.1. The first kappa shape index (κ1) is 8.96. The smallest absolute Gasteiger partial charge is 0.223 e. The zero-order valence-corrected chi connectivity index (χ0v) is 8.86. The van der Waals surface area contributed by atoms with Crippen LogP contribution in [0.3, 0.4) is 0 Å². The molecule has 2 fully saturated rings. The molecule has 0 unspecified atom stereocenters. The number of aryl methyl sites for hydroxylation is 1. The molecule has 15 heavy (non-hydrogen) atoms. The van der Waals surface area contributed by atoms with E-state index in [9.17, 15) is 4.79 Å². The molecule has 3 rings (SSSR count). The van der Waals surface area contributed by atoms with Crippen LogP contribution in [-0.4, -0.2) is 11.9 Å². The van der Waals surface area contributed by atoms with Gasteiger partial charge in [-0.25, -0.2) is 0 Å². The second-order valence-corrected chi connectivity index (χ2v) is 4.75. The molecular formula is C13H15NO. The third-order valence-electron chi connectivity index (χ3n) is 3.85. The lowest BCUT2D eigenvalue weighted by Gasteiger charge is -2.24. The van der Waals surface area contributed by atoms with E-state index in [2.05, 4.69) is 36.5 Å². The zero-order valence-electron chi connectivity index (χ0n) is 8.86. The average molecular weight is 201 g/mol. The van der Waals surface area contributed by atoms with Crippen molar-refractivity contribution in [3.63, 3.8) is 0 Å². The predicted molar refractivity (Wildman–Crippen MR) is 58.6 cm³/mol. The first-order valence-corrected chi connectivity index (χ1v) is 5.61. The Kier molecular flexibility index (Phi) is 1.84. The van der Waals surface area contributed by atoms with E-state index in [1.165, 1.54) is 11.1 Å². The first-order chi connectivity index (χ1) is 7.25. The number of benzene rings is 1. The number of rotatable bonds is 1. The number of piperidine rings is 1. The van der Waals surface area contributed by atoms with Crippen LogP contribution in [0.1, 0.15) is 29.9 Å². The fourth-order valence-corrected chi connectivity index (χ4v) is 3.06. The molecule has 1 saturated heterocycles. The molecule has 1 saturated carbocycles. The summed E-state index contributed by atoms with van der Waals surface area (Å²) < 4.78 is 0. The van der Waals surface area contributed by atoms with Gasteiger partial charge in [-0.05, 0) is 30.9 Å². The van der Waals surface area contributed by atoms with Crippen molar-refractivity contribution in [1.29, 1.82) is 0 Å². The van der Waals surface area contributed by atoms with Crippen molar-refractivity contribution < 1.29 is 4.79 Å². The highest BCUT2D eigenvalue weighted by molar-refractivity contribution is 5.83. The number of hydrogen-bond donors (Lipinski definition) is 1. The molecule has 2 nitrogen and oxygen atoms in total. The van der Waals surface area contributed by atoms with E-state index < -0.39 is 0 Å². The molecule has 2 bridgehead atoms. The maximum Gasteiger partial charge on any atom is 0.223 e.